The van der Waals surface area contributed by atoms with Gasteiger partial charge in [0.25, 0.3) is 0 Å². The van der Waals surface area contributed by atoms with Crippen molar-refractivity contribution < 1.29 is 13.2 Å². The predicted octanol–water partition coefficient (Wildman–Crippen LogP) is 2.77. The maximum atomic E-state index is 12.9. The van der Waals surface area contributed by atoms with Crippen molar-refractivity contribution in [1.29, 1.82) is 0 Å². The van der Waals surface area contributed by atoms with E-state index in [1.165, 1.54) is 34.5 Å². The van der Waals surface area contributed by atoms with Gasteiger partial charge in [0, 0.05) is 44.5 Å². The molecule has 0 bridgehead atoms. The molecule has 0 unspecified atom stereocenters. The minimum Gasteiger partial charge on any atom is -0.369 e. The van der Waals surface area contributed by atoms with E-state index in [0.29, 0.717) is 31.9 Å². The zero-order valence-electron chi connectivity index (χ0n) is 15.9. The van der Waals surface area contributed by atoms with Crippen LogP contribution in [0.25, 0.3) is 0 Å². The fourth-order valence-corrected chi connectivity index (χ4v) is 4.59. The van der Waals surface area contributed by atoms with Gasteiger partial charge in [-0.2, -0.15) is 4.31 Å². The SMILES string of the molecule is CC(=O)Nc1ccc(S(=O)(=O)N2CCN(c3ccc(C)c(C)c3)CC2)cc1. The highest BCUT2D eigenvalue weighted by Gasteiger charge is 2.28. The van der Waals surface area contributed by atoms with Gasteiger partial charge in [-0.3, -0.25) is 4.79 Å². The summed E-state index contributed by atoms with van der Waals surface area (Å²) in [5, 5.41) is 2.64. The summed E-state index contributed by atoms with van der Waals surface area (Å²) < 4.78 is 27.3. The standard InChI is InChI=1S/C20H25N3O3S/c1-15-4-7-19(14-16(15)2)22-10-12-23(13-11-22)27(25,26)20-8-5-18(6-9-20)21-17(3)24/h4-9,14H,10-13H2,1-3H3,(H,21,24). The fraction of sp³-hybridized carbons (Fsp3) is 0.350. The van der Waals surface area contributed by atoms with Crippen molar-refractivity contribution in [3.05, 3.63) is 53.6 Å². The zero-order valence-corrected chi connectivity index (χ0v) is 16.7. The van der Waals surface area contributed by atoms with Crippen molar-refractivity contribution in [2.75, 3.05) is 36.4 Å². The molecular weight excluding hydrogens is 362 g/mol. The Hall–Kier alpha value is -2.38. The Kier molecular flexibility index (Phi) is 5.53. The van der Waals surface area contributed by atoms with Crippen LogP contribution >= 0.6 is 0 Å². The van der Waals surface area contributed by atoms with Crippen LogP contribution in [0.5, 0.6) is 0 Å². The van der Waals surface area contributed by atoms with Gasteiger partial charge in [-0.1, -0.05) is 6.07 Å². The molecule has 6 nitrogen and oxygen atoms in total. The Morgan fingerprint density at radius 3 is 2.11 bits per heavy atom. The maximum Gasteiger partial charge on any atom is 0.243 e. The molecule has 0 saturated carbocycles. The first-order chi connectivity index (χ1) is 12.8. The lowest BCUT2D eigenvalue weighted by atomic mass is 10.1. The van der Waals surface area contributed by atoms with E-state index in [2.05, 4.69) is 42.3 Å². The van der Waals surface area contributed by atoms with E-state index in [9.17, 15) is 13.2 Å². The van der Waals surface area contributed by atoms with Gasteiger partial charge >= 0.3 is 0 Å². The lowest BCUT2D eigenvalue weighted by Crippen LogP contribution is -2.48. The third kappa shape index (κ3) is 4.31. The quantitative estimate of drug-likeness (QED) is 0.876. The first-order valence-electron chi connectivity index (χ1n) is 8.97. The van der Waals surface area contributed by atoms with Crippen LogP contribution in [-0.4, -0.2) is 44.8 Å². The Balaban J connectivity index is 1.69. The van der Waals surface area contributed by atoms with E-state index in [0.717, 1.165) is 5.69 Å². The Morgan fingerprint density at radius 1 is 0.926 bits per heavy atom. The molecule has 0 atom stereocenters. The number of carbonyl (C=O) groups is 1. The highest BCUT2D eigenvalue weighted by Crippen LogP contribution is 2.23. The molecule has 0 spiro atoms. The number of rotatable bonds is 4. The van der Waals surface area contributed by atoms with Crippen LogP contribution in [0, 0.1) is 13.8 Å². The molecule has 2 aromatic rings. The lowest BCUT2D eigenvalue weighted by molar-refractivity contribution is -0.114. The van der Waals surface area contributed by atoms with Crippen LogP contribution in [0.2, 0.25) is 0 Å². The smallest absolute Gasteiger partial charge is 0.243 e. The number of aryl methyl sites for hydroxylation is 2. The number of benzene rings is 2. The third-order valence-electron chi connectivity index (χ3n) is 4.91. The second-order valence-corrected chi connectivity index (χ2v) is 8.80. The van der Waals surface area contributed by atoms with Crippen molar-refractivity contribution in [3.8, 4) is 0 Å². The fourth-order valence-electron chi connectivity index (χ4n) is 3.17. The van der Waals surface area contributed by atoms with E-state index < -0.39 is 10.0 Å². The molecule has 3 rings (SSSR count). The van der Waals surface area contributed by atoms with E-state index in [4.69, 9.17) is 0 Å². The summed E-state index contributed by atoms with van der Waals surface area (Å²) in [6.07, 6.45) is 0. The van der Waals surface area contributed by atoms with Crippen LogP contribution in [0.15, 0.2) is 47.4 Å². The number of hydrogen-bond acceptors (Lipinski definition) is 4. The molecule has 1 aliphatic heterocycles. The van der Waals surface area contributed by atoms with Crippen molar-refractivity contribution in [1.82, 2.24) is 4.31 Å². The second-order valence-electron chi connectivity index (χ2n) is 6.87. The molecule has 2 aromatic carbocycles. The highest BCUT2D eigenvalue weighted by atomic mass is 32.2. The number of nitrogens with one attached hydrogen (secondary N) is 1. The largest absolute Gasteiger partial charge is 0.369 e. The van der Waals surface area contributed by atoms with Crippen molar-refractivity contribution >= 4 is 27.3 Å². The van der Waals surface area contributed by atoms with E-state index in [-0.39, 0.29) is 10.8 Å². The highest BCUT2D eigenvalue weighted by molar-refractivity contribution is 7.89. The van der Waals surface area contributed by atoms with Crippen LogP contribution in [-0.2, 0) is 14.8 Å². The molecule has 27 heavy (non-hydrogen) atoms. The van der Waals surface area contributed by atoms with Gasteiger partial charge in [0.05, 0.1) is 4.90 Å². The number of piperazine rings is 1. The summed E-state index contributed by atoms with van der Waals surface area (Å²) in [6.45, 7) is 7.80. The lowest BCUT2D eigenvalue weighted by Gasteiger charge is -2.35. The van der Waals surface area contributed by atoms with Gasteiger partial charge in [-0.15, -0.1) is 0 Å². The first kappa shape index (κ1) is 19.4. The van der Waals surface area contributed by atoms with Gasteiger partial charge in [0.15, 0.2) is 0 Å². The molecule has 0 aliphatic carbocycles. The van der Waals surface area contributed by atoms with Crippen molar-refractivity contribution in [2.24, 2.45) is 0 Å². The van der Waals surface area contributed by atoms with E-state index >= 15 is 0 Å². The van der Waals surface area contributed by atoms with Gasteiger partial charge in [0.1, 0.15) is 0 Å². The molecule has 1 amide bonds. The minimum atomic E-state index is -3.53. The summed E-state index contributed by atoms with van der Waals surface area (Å²) in [6, 6.07) is 12.6. The van der Waals surface area contributed by atoms with Gasteiger partial charge in [-0.05, 0) is 61.4 Å². The summed E-state index contributed by atoms with van der Waals surface area (Å²) in [5.41, 5.74) is 4.21. The zero-order chi connectivity index (χ0) is 19.6. The summed E-state index contributed by atoms with van der Waals surface area (Å²) in [4.78, 5) is 13.6. The van der Waals surface area contributed by atoms with Crippen LogP contribution in [0.3, 0.4) is 0 Å². The average molecular weight is 388 g/mol. The Labute approximate surface area is 160 Å². The first-order valence-corrected chi connectivity index (χ1v) is 10.4. The van der Waals surface area contributed by atoms with Gasteiger partial charge < -0.3 is 10.2 Å². The monoisotopic (exact) mass is 387 g/mol. The Morgan fingerprint density at radius 2 is 1.56 bits per heavy atom. The molecular formula is C20H25N3O3S. The molecule has 1 heterocycles. The van der Waals surface area contributed by atoms with E-state index in [1.54, 1.807) is 12.1 Å². The van der Waals surface area contributed by atoms with Crippen LogP contribution in [0.1, 0.15) is 18.1 Å². The van der Waals surface area contributed by atoms with Crippen molar-refractivity contribution in [3.63, 3.8) is 0 Å². The number of anilines is 2. The molecule has 0 aromatic heterocycles. The number of hydrogen-bond donors (Lipinski definition) is 1. The number of nitrogens with zero attached hydrogens (tertiary/aromatic N) is 2. The van der Waals surface area contributed by atoms with Gasteiger partial charge in [-0.25, -0.2) is 8.42 Å². The summed E-state index contributed by atoms with van der Waals surface area (Å²) in [5.74, 6) is -0.187. The molecule has 0 radical (unpaired) electrons. The third-order valence-corrected chi connectivity index (χ3v) is 6.82. The normalized spacial score (nSPS) is 15.6. The molecule has 1 fully saturated rings. The minimum absolute atomic E-state index is 0.187. The Bertz CT molecular complexity index is 931. The topological polar surface area (TPSA) is 69.7 Å². The van der Waals surface area contributed by atoms with Gasteiger partial charge in [0.2, 0.25) is 15.9 Å². The average Bonchev–Trinajstić information content (AvgIpc) is 2.64. The molecule has 1 aliphatic rings. The van der Waals surface area contributed by atoms with Crippen molar-refractivity contribution in [2.45, 2.75) is 25.7 Å². The molecule has 144 valence electrons. The molecule has 1 N–H and O–H groups in total. The van der Waals surface area contributed by atoms with Crippen LogP contribution in [0.4, 0.5) is 11.4 Å². The summed E-state index contributed by atoms with van der Waals surface area (Å²) >= 11 is 0. The molecule has 1 saturated heterocycles. The van der Waals surface area contributed by atoms with E-state index in [1.807, 2.05) is 0 Å². The maximum absolute atomic E-state index is 12.9. The summed E-state index contributed by atoms with van der Waals surface area (Å²) in [7, 11) is -3.53. The number of amides is 1. The predicted molar refractivity (Wildman–Crippen MR) is 108 cm³/mol. The second kappa shape index (κ2) is 7.70. The number of carbonyl (C=O) groups excluding carboxylic acids is 1. The molecule has 7 heteroatoms. The van der Waals surface area contributed by atoms with Crippen LogP contribution < -0.4 is 10.2 Å². The number of sulfonamides is 1.